The van der Waals surface area contributed by atoms with E-state index in [0.717, 1.165) is 32.5 Å². The fraction of sp³-hybridized carbons (Fsp3) is 0.533. The number of rotatable bonds is 3. The number of carboxylic acid groups (broad SMARTS) is 1. The fourth-order valence-corrected chi connectivity index (χ4v) is 2.76. The first kappa shape index (κ1) is 16.0. The molecule has 106 valence electrons. The number of aliphatic carboxylic acids is 1. The molecule has 1 saturated heterocycles. The van der Waals surface area contributed by atoms with Crippen molar-refractivity contribution < 1.29 is 9.90 Å². The van der Waals surface area contributed by atoms with Crippen LogP contribution in [0.4, 0.5) is 0 Å². The molecular weight excluding hydrogens is 262 g/mol. The van der Waals surface area contributed by atoms with Crippen molar-refractivity contribution in [2.24, 2.45) is 5.92 Å². The highest BCUT2D eigenvalue weighted by Gasteiger charge is 2.24. The van der Waals surface area contributed by atoms with Crippen LogP contribution in [0.5, 0.6) is 0 Å². The molecule has 1 fully saturated rings. The second-order valence-electron chi connectivity index (χ2n) is 5.38. The van der Waals surface area contributed by atoms with Crippen molar-refractivity contribution in [2.45, 2.75) is 33.2 Å². The number of aryl methyl sites for hydroxylation is 2. The summed E-state index contributed by atoms with van der Waals surface area (Å²) in [6.45, 7) is 6.96. The maximum Gasteiger partial charge on any atom is 0.306 e. The van der Waals surface area contributed by atoms with Gasteiger partial charge in [0.1, 0.15) is 0 Å². The topological polar surface area (TPSA) is 40.5 Å². The predicted molar refractivity (Wildman–Crippen MR) is 78.8 cm³/mol. The highest BCUT2D eigenvalue weighted by atomic mass is 35.5. The zero-order chi connectivity index (χ0) is 13.1. The third-order valence-corrected chi connectivity index (χ3v) is 3.62. The minimum Gasteiger partial charge on any atom is -0.481 e. The first-order valence-electron chi connectivity index (χ1n) is 6.57. The Hall–Kier alpha value is -1.06. The van der Waals surface area contributed by atoms with Crippen molar-refractivity contribution in [2.75, 3.05) is 13.1 Å². The lowest BCUT2D eigenvalue weighted by atomic mass is 9.96. The average Bonchev–Trinajstić information content (AvgIpc) is 2.28. The molecule has 2 rings (SSSR count). The van der Waals surface area contributed by atoms with Crippen LogP contribution in [0.25, 0.3) is 0 Å². The fourth-order valence-electron chi connectivity index (χ4n) is 2.76. The quantitative estimate of drug-likeness (QED) is 0.927. The van der Waals surface area contributed by atoms with E-state index >= 15 is 0 Å². The van der Waals surface area contributed by atoms with Gasteiger partial charge in [-0.3, -0.25) is 9.69 Å². The van der Waals surface area contributed by atoms with Crippen LogP contribution >= 0.6 is 12.4 Å². The van der Waals surface area contributed by atoms with Gasteiger partial charge in [0.2, 0.25) is 0 Å². The van der Waals surface area contributed by atoms with Gasteiger partial charge in [-0.05, 0) is 45.3 Å². The molecule has 1 aliphatic heterocycles. The Morgan fingerprint density at radius 2 is 1.74 bits per heavy atom. The van der Waals surface area contributed by atoms with E-state index in [4.69, 9.17) is 5.11 Å². The lowest BCUT2D eigenvalue weighted by Gasteiger charge is -2.30. The minimum absolute atomic E-state index is 0. The maximum atomic E-state index is 10.9. The Morgan fingerprint density at radius 3 is 2.21 bits per heavy atom. The molecule has 1 N–H and O–H groups in total. The van der Waals surface area contributed by atoms with E-state index in [2.05, 4.69) is 36.9 Å². The van der Waals surface area contributed by atoms with Gasteiger partial charge < -0.3 is 5.11 Å². The summed E-state index contributed by atoms with van der Waals surface area (Å²) in [5.41, 5.74) is 3.93. The van der Waals surface area contributed by atoms with E-state index in [-0.39, 0.29) is 18.3 Å². The molecule has 1 heterocycles. The zero-order valence-corrected chi connectivity index (χ0v) is 12.4. The summed E-state index contributed by atoms with van der Waals surface area (Å²) < 4.78 is 0. The molecule has 3 nitrogen and oxygen atoms in total. The molecule has 0 radical (unpaired) electrons. The smallest absolute Gasteiger partial charge is 0.306 e. The number of piperidine rings is 1. The van der Waals surface area contributed by atoms with Crippen LogP contribution in [0.3, 0.4) is 0 Å². The number of hydrogen-bond acceptors (Lipinski definition) is 2. The molecule has 19 heavy (non-hydrogen) atoms. The number of carbonyl (C=O) groups is 1. The molecule has 0 saturated carbocycles. The first-order chi connectivity index (χ1) is 8.54. The molecule has 0 aliphatic carbocycles. The van der Waals surface area contributed by atoms with Gasteiger partial charge in [0.15, 0.2) is 0 Å². The van der Waals surface area contributed by atoms with Gasteiger partial charge in [-0.15, -0.1) is 12.4 Å². The van der Waals surface area contributed by atoms with Gasteiger partial charge in [-0.25, -0.2) is 0 Å². The second kappa shape index (κ2) is 6.92. The Bertz CT molecular complexity index is 420. The summed E-state index contributed by atoms with van der Waals surface area (Å²) in [4.78, 5) is 13.2. The average molecular weight is 284 g/mol. The van der Waals surface area contributed by atoms with Crippen LogP contribution in [0.1, 0.15) is 29.5 Å². The van der Waals surface area contributed by atoms with Crippen molar-refractivity contribution in [1.29, 1.82) is 0 Å². The van der Waals surface area contributed by atoms with Crippen LogP contribution < -0.4 is 0 Å². The van der Waals surface area contributed by atoms with Gasteiger partial charge in [0.05, 0.1) is 5.92 Å². The molecule has 0 amide bonds. The number of nitrogens with zero attached hydrogens (tertiary/aromatic N) is 1. The largest absolute Gasteiger partial charge is 0.481 e. The first-order valence-corrected chi connectivity index (χ1v) is 6.57. The summed E-state index contributed by atoms with van der Waals surface area (Å²) in [6, 6.07) is 6.62. The van der Waals surface area contributed by atoms with Crippen LogP contribution in [-0.2, 0) is 11.3 Å². The highest BCUT2D eigenvalue weighted by Crippen LogP contribution is 2.20. The Labute approximate surface area is 121 Å². The van der Waals surface area contributed by atoms with Crippen molar-refractivity contribution in [3.8, 4) is 0 Å². The van der Waals surface area contributed by atoms with Crippen molar-refractivity contribution >= 4 is 18.4 Å². The summed E-state index contributed by atoms with van der Waals surface area (Å²) in [7, 11) is 0. The van der Waals surface area contributed by atoms with Gasteiger partial charge >= 0.3 is 5.97 Å². The number of hydrogen-bond donors (Lipinski definition) is 1. The second-order valence-corrected chi connectivity index (χ2v) is 5.38. The van der Waals surface area contributed by atoms with E-state index in [1.54, 1.807) is 0 Å². The molecule has 4 heteroatoms. The normalized spacial score (nSPS) is 16.9. The number of likely N-dealkylation sites (tertiary alicyclic amines) is 1. The van der Waals surface area contributed by atoms with E-state index < -0.39 is 5.97 Å². The molecule has 1 aromatic carbocycles. The lowest BCUT2D eigenvalue weighted by Crippen LogP contribution is -2.35. The number of benzene rings is 1. The van der Waals surface area contributed by atoms with Gasteiger partial charge in [-0.2, -0.15) is 0 Å². The molecular formula is C15H22ClNO2. The lowest BCUT2D eigenvalue weighted by molar-refractivity contribution is -0.143. The van der Waals surface area contributed by atoms with Crippen LogP contribution in [-0.4, -0.2) is 29.1 Å². The third kappa shape index (κ3) is 4.51. The number of halogens is 1. The van der Waals surface area contributed by atoms with Crippen LogP contribution in [0.15, 0.2) is 18.2 Å². The summed E-state index contributed by atoms with van der Waals surface area (Å²) >= 11 is 0. The third-order valence-electron chi connectivity index (χ3n) is 3.62. The van der Waals surface area contributed by atoms with Gasteiger partial charge in [-0.1, -0.05) is 29.3 Å². The van der Waals surface area contributed by atoms with Gasteiger partial charge in [0, 0.05) is 6.54 Å². The molecule has 0 atom stereocenters. The Balaban J connectivity index is 0.00000180. The van der Waals surface area contributed by atoms with Crippen LogP contribution in [0.2, 0.25) is 0 Å². The molecule has 1 aromatic rings. The predicted octanol–water partition coefficient (Wildman–Crippen LogP) is 3.02. The van der Waals surface area contributed by atoms with Crippen molar-refractivity contribution in [3.05, 3.63) is 34.9 Å². The molecule has 0 unspecified atom stereocenters. The standard InChI is InChI=1S/C15H21NO2.ClH/c1-11-7-12(2)9-13(8-11)10-16-5-3-14(4-6-16)15(17)18;/h7-9,14H,3-6,10H2,1-2H3,(H,17,18);1H. The summed E-state index contributed by atoms with van der Waals surface area (Å²) in [5.74, 6) is -0.776. The van der Waals surface area contributed by atoms with Crippen molar-refractivity contribution in [1.82, 2.24) is 4.90 Å². The zero-order valence-electron chi connectivity index (χ0n) is 11.6. The van der Waals surface area contributed by atoms with E-state index in [0.29, 0.717) is 0 Å². The SMILES string of the molecule is Cc1cc(C)cc(CN2CCC(C(=O)O)CC2)c1.Cl. The maximum absolute atomic E-state index is 10.9. The molecule has 0 bridgehead atoms. The highest BCUT2D eigenvalue weighted by molar-refractivity contribution is 5.85. The van der Waals surface area contributed by atoms with Crippen LogP contribution in [0, 0.1) is 19.8 Å². The number of carboxylic acids is 1. The molecule has 0 aromatic heterocycles. The Morgan fingerprint density at radius 1 is 1.21 bits per heavy atom. The minimum atomic E-state index is -0.638. The van der Waals surface area contributed by atoms with Crippen molar-refractivity contribution in [3.63, 3.8) is 0 Å². The van der Waals surface area contributed by atoms with E-state index in [1.807, 2.05) is 0 Å². The Kier molecular flexibility index (Phi) is 5.83. The molecule has 1 aliphatic rings. The van der Waals surface area contributed by atoms with Gasteiger partial charge in [0.25, 0.3) is 0 Å². The summed E-state index contributed by atoms with van der Waals surface area (Å²) in [5, 5.41) is 8.97. The van der Waals surface area contributed by atoms with E-state index in [9.17, 15) is 4.79 Å². The van der Waals surface area contributed by atoms with E-state index in [1.165, 1.54) is 16.7 Å². The summed E-state index contributed by atoms with van der Waals surface area (Å²) in [6.07, 6.45) is 1.56. The molecule has 0 spiro atoms. The monoisotopic (exact) mass is 283 g/mol.